The lowest BCUT2D eigenvalue weighted by Crippen LogP contribution is -2.22. The summed E-state index contributed by atoms with van der Waals surface area (Å²) in [7, 11) is 3.21. The first kappa shape index (κ1) is 9.64. The number of nitrogens with one attached hydrogen (secondary N) is 1. The van der Waals surface area contributed by atoms with Crippen molar-refractivity contribution in [3.63, 3.8) is 0 Å². The molecule has 1 N–H and O–H groups in total. The van der Waals surface area contributed by atoms with Gasteiger partial charge in [0.05, 0.1) is 5.56 Å². The molecule has 70 valence electrons. The van der Waals surface area contributed by atoms with Crippen molar-refractivity contribution in [1.29, 1.82) is 5.41 Å². The van der Waals surface area contributed by atoms with Crippen LogP contribution in [0, 0.1) is 17.0 Å². The Balaban J connectivity index is 3.13. The van der Waals surface area contributed by atoms with Gasteiger partial charge in [0.1, 0.15) is 17.5 Å². The third-order valence-electron chi connectivity index (χ3n) is 1.63. The molecule has 0 saturated carbocycles. The quantitative estimate of drug-likeness (QED) is 0.523. The van der Waals surface area contributed by atoms with Gasteiger partial charge in [-0.1, -0.05) is 0 Å². The fraction of sp³-hybridized carbons (Fsp3) is 0.222. The summed E-state index contributed by atoms with van der Waals surface area (Å²) in [4.78, 5) is 1.41. The molecule has 0 saturated heterocycles. The van der Waals surface area contributed by atoms with Crippen LogP contribution in [0.25, 0.3) is 0 Å². The molecule has 13 heavy (non-hydrogen) atoms. The third-order valence-corrected chi connectivity index (χ3v) is 1.63. The summed E-state index contributed by atoms with van der Waals surface area (Å²) in [6.45, 7) is 0. The van der Waals surface area contributed by atoms with Crippen molar-refractivity contribution in [3.8, 4) is 0 Å². The maximum absolute atomic E-state index is 13.0. The Kier molecular flexibility index (Phi) is 2.60. The van der Waals surface area contributed by atoms with Gasteiger partial charge >= 0.3 is 0 Å². The highest BCUT2D eigenvalue weighted by molar-refractivity contribution is 5.96. The van der Waals surface area contributed by atoms with Crippen molar-refractivity contribution in [2.75, 3.05) is 14.1 Å². The number of amidine groups is 1. The number of hydrogen-bond donors (Lipinski definition) is 1. The van der Waals surface area contributed by atoms with Gasteiger partial charge in [-0.2, -0.15) is 0 Å². The molecule has 0 spiro atoms. The van der Waals surface area contributed by atoms with E-state index in [1.165, 1.54) is 4.90 Å². The minimum absolute atomic E-state index is 0.0231. The van der Waals surface area contributed by atoms with Gasteiger partial charge in [-0.15, -0.1) is 0 Å². The van der Waals surface area contributed by atoms with E-state index in [4.69, 9.17) is 5.41 Å². The van der Waals surface area contributed by atoms with E-state index in [2.05, 4.69) is 0 Å². The van der Waals surface area contributed by atoms with Crippen molar-refractivity contribution < 1.29 is 8.78 Å². The zero-order chi connectivity index (χ0) is 10.0. The second-order valence-corrected chi connectivity index (χ2v) is 2.87. The zero-order valence-corrected chi connectivity index (χ0v) is 7.44. The van der Waals surface area contributed by atoms with Crippen LogP contribution in [0.1, 0.15) is 5.56 Å². The zero-order valence-electron chi connectivity index (χ0n) is 7.44. The molecule has 0 atom stereocenters. The molecule has 0 bridgehead atoms. The van der Waals surface area contributed by atoms with E-state index < -0.39 is 11.6 Å². The maximum atomic E-state index is 13.0. The maximum Gasteiger partial charge on any atom is 0.134 e. The minimum Gasteiger partial charge on any atom is -0.363 e. The van der Waals surface area contributed by atoms with Gasteiger partial charge in [0.2, 0.25) is 0 Å². The van der Waals surface area contributed by atoms with Crippen LogP contribution in [0.15, 0.2) is 18.2 Å². The van der Waals surface area contributed by atoms with Crippen LogP contribution >= 0.6 is 0 Å². The molecule has 0 aromatic heterocycles. The summed E-state index contributed by atoms with van der Waals surface area (Å²) in [5, 5.41) is 7.44. The highest BCUT2D eigenvalue weighted by atomic mass is 19.1. The van der Waals surface area contributed by atoms with E-state index in [-0.39, 0.29) is 11.4 Å². The van der Waals surface area contributed by atoms with Crippen LogP contribution in [0.5, 0.6) is 0 Å². The van der Waals surface area contributed by atoms with Crippen molar-refractivity contribution in [1.82, 2.24) is 4.90 Å². The molecule has 0 unspecified atom stereocenters. The molecule has 0 aliphatic heterocycles. The summed E-state index contributed by atoms with van der Waals surface area (Å²) in [5.41, 5.74) is -0.0231. The van der Waals surface area contributed by atoms with E-state index in [9.17, 15) is 8.78 Å². The van der Waals surface area contributed by atoms with Gasteiger partial charge in [-0.25, -0.2) is 8.78 Å². The Bertz CT molecular complexity index is 334. The van der Waals surface area contributed by atoms with Gasteiger partial charge in [-0.05, 0) is 18.2 Å². The van der Waals surface area contributed by atoms with Crippen LogP contribution in [-0.4, -0.2) is 24.8 Å². The number of benzene rings is 1. The van der Waals surface area contributed by atoms with E-state index >= 15 is 0 Å². The van der Waals surface area contributed by atoms with Crippen LogP contribution in [0.2, 0.25) is 0 Å². The molecule has 2 nitrogen and oxygen atoms in total. The largest absolute Gasteiger partial charge is 0.363 e. The summed E-state index contributed by atoms with van der Waals surface area (Å²) in [5.74, 6) is -1.17. The number of nitrogens with zero attached hydrogens (tertiary/aromatic N) is 1. The monoisotopic (exact) mass is 184 g/mol. The van der Waals surface area contributed by atoms with Crippen LogP contribution in [-0.2, 0) is 0 Å². The molecule has 0 fully saturated rings. The lowest BCUT2D eigenvalue weighted by molar-refractivity contribution is 0.579. The molecular weight excluding hydrogens is 174 g/mol. The smallest absolute Gasteiger partial charge is 0.134 e. The van der Waals surface area contributed by atoms with Crippen LogP contribution < -0.4 is 0 Å². The van der Waals surface area contributed by atoms with Crippen LogP contribution in [0.4, 0.5) is 8.78 Å². The summed E-state index contributed by atoms with van der Waals surface area (Å²) >= 11 is 0. The lowest BCUT2D eigenvalue weighted by atomic mass is 10.2. The first-order valence-corrected chi connectivity index (χ1v) is 3.73. The first-order valence-electron chi connectivity index (χ1n) is 3.73. The molecule has 0 aliphatic carbocycles. The normalized spacial score (nSPS) is 9.85. The van der Waals surface area contributed by atoms with Crippen molar-refractivity contribution in [3.05, 3.63) is 35.4 Å². The second-order valence-electron chi connectivity index (χ2n) is 2.87. The number of rotatable bonds is 1. The van der Waals surface area contributed by atoms with Crippen molar-refractivity contribution >= 4 is 5.84 Å². The SMILES string of the molecule is CN(C)C(=N)c1cc(F)ccc1F. The standard InChI is InChI=1S/C9H10F2N2/c1-13(2)9(12)7-5-6(10)3-4-8(7)11/h3-5,12H,1-2H3. The van der Waals surface area contributed by atoms with E-state index in [0.29, 0.717) is 0 Å². The predicted octanol–water partition coefficient (Wildman–Crippen LogP) is 1.85. The molecule has 4 heteroatoms. The summed E-state index contributed by atoms with van der Waals surface area (Å²) in [6.07, 6.45) is 0. The van der Waals surface area contributed by atoms with E-state index in [1.807, 2.05) is 0 Å². The highest BCUT2D eigenvalue weighted by Crippen LogP contribution is 2.10. The Morgan fingerprint density at radius 3 is 2.46 bits per heavy atom. The average molecular weight is 184 g/mol. The number of halogens is 2. The Morgan fingerprint density at radius 2 is 1.92 bits per heavy atom. The fourth-order valence-electron chi connectivity index (χ4n) is 0.920. The van der Waals surface area contributed by atoms with Gasteiger partial charge in [0.15, 0.2) is 0 Å². The van der Waals surface area contributed by atoms with Gasteiger partial charge in [0.25, 0.3) is 0 Å². The van der Waals surface area contributed by atoms with Gasteiger partial charge < -0.3 is 4.90 Å². The topological polar surface area (TPSA) is 27.1 Å². The lowest BCUT2D eigenvalue weighted by Gasteiger charge is -2.13. The predicted molar refractivity (Wildman–Crippen MR) is 46.9 cm³/mol. The first-order chi connectivity index (χ1) is 6.02. The molecule has 1 aromatic carbocycles. The van der Waals surface area contributed by atoms with E-state index in [0.717, 1.165) is 18.2 Å². The fourth-order valence-corrected chi connectivity index (χ4v) is 0.920. The molecular formula is C9H10F2N2. The van der Waals surface area contributed by atoms with Crippen LogP contribution in [0.3, 0.4) is 0 Å². The molecule has 0 heterocycles. The Labute approximate surface area is 75.3 Å². The molecule has 1 aromatic rings. The minimum atomic E-state index is -0.583. The van der Waals surface area contributed by atoms with E-state index in [1.54, 1.807) is 14.1 Å². The van der Waals surface area contributed by atoms with Gasteiger partial charge in [0, 0.05) is 14.1 Å². The molecule has 0 amide bonds. The second kappa shape index (κ2) is 3.51. The van der Waals surface area contributed by atoms with Crippen molar-refractivity contribution in [2.45, 2.75) is 0 Å². The summed E-state index contributed by atoms with van der Waals surface area (Å²) in [6, 6.07) is 3.06. The third kappa shape index (κ3) is 2.02. The number of hydrogen-bond acceptors (Lipinski definition) is 1. The van der Waals surface area contributed by atoms with Crippen molar-refractivity contribution in [2.24, 2.45) is 0 Å². The van der Waals surface area contributed by atoms with Gasteiger partial charge in [-0.3, -0.25) is 5.41 Å². The molecule has 0 aliphatic rings. The Morgan fingerprint density at radius 1 is 1.31 bits per heavy atom. The molecule has 0 radical (unpaired) electrons. The highest BCUT2D eigenvalue weighted by Gasteiger charge is 2.10. The molecule has 1 rings (SSSR count). The Hall–Kier alpha value is -1.45. The summed E-state index contributed by atoms with van der Waals surface area (Å²) < 4.78 is 25.7. The average Bonchev–Trinajstić information content (AvgIpc) is 2.08.